The Hall–Kier alpha value is -2.43. The van der Waals surface area contributed by atoms with Crippen LogP contribution in [0.1, 0.15) is 12.0 Å². The molecule has 1 unspecified atom stereocenters. The van der Waals surface area contributed by atoms with E-state index in [4.69, 9.17) is 0 Å². The molecule has 0 aliphatic carbocycles. The fraction of sp³-hybridized carbons (Fsp3) is 0.353. The molecule has 1 aliphatic heterocycles. The number of aldehydes is 1. The van der Waals surface area contributed by atoms with Gasteiger partial charge in [-0.25, -0.2) is 0 Å². The monoisotopic (exact) mass is 300 g/mol. The molecule has 0 N–H and O–H groups in total. The summed E-state index contributed by atoms with van der Waals surface area (Å²) in [5.41, 5.74) is 1.11. The molecule has 1 aliphatic rings. The first-order valence-corrected chi connectivity index (χ1v) is 7.35. The number of rotatable bonds is 5. The van der Waals surface area contributed by atoms with Gasteiger partial charge < -0.3 is 14.6 Å². The molecule has 22 heavy (non-hydrogen) atoms. The number of amides is 2. The molecule has 116 valence electrons. The Morgan fingerprint density at radius 1 is 1.23 bits per heavy atom. The summed E-state index contributed by atoms with van der Waals surface area (Å²) in [6, 6.07) is 9.23. The molecule has 0 bridgehead atoms. The van der Waals surface area contributed by atoms with E-state index in [-0.39, 0.29) is 18.4 Å². The lowest BCUT2D eigenvalue weighted by molar-refractivity contribution is -0.142. The molecule has 1 heterocycles. The Kier molecular flexibility index (Phi) is 5.47. The van der Waals surface area contributed by atoms with Gasteiger partial charge in [-0.15, -0.1) is 0 Å². The van der Waals surface area contributed by atoms with Crippen LogP contribution in [0, 0.1) is 0 Å². The Morgan fingerprint density at radius 3 is 2.59 bits per heavy atom. The first kappa shape index (κ1) is 15.9. The molecule has 0 aromatic heterocycles. The minimum atomic E-state index is -0.583. The van der Waals surface area contributed by atoms with Crippen molar-refractivity contribution >= 4 is 18.1 Å². The van der Waals surface area contributed by atoms with Crippen molar-refractivity contribution in [3.63, 3.8) is 0 Å². The number of benzene rings is 1. The summed E-state index contributed by atoms with van der Waals surface area (Å²) in [4.78, 5) is 38.2. The average Bonchev–Trinajstić information content (AvgIpc) is 2.59. The van der Waals surface area contributed by atoms with Crippen LogP contribution in [0.4, 0.5) is 0 Å². The maximum absolute atomic E-state index is 12.3. The minimum Gasteiger partial charge on any atom is -0.338 e. The van der Waals surface area contributed by atoms with Gasteiger partial charge >= 0.3 is 0 Å². The second-order valence-corrected chi connectivity index (χ2v) is 5.26. The Balaban J connectivity index is 1.90. The van der Waals surface area contributed by atoms with Gasteiger partial charge in [-0.05, 0) is 18.1 Å². The van der Waals surface area contributed by atoms with E-state index < -0.39 is 6.04 Å². The first-order chi connectivity index (χ1) is 10.7. The van der Waals surface area contributed by atoms with E-state index >= 15 is 0 Å². The van der Waals surface area contributed by atoms with E-state index in [1.54, 1.807) is 4.90 Å². The van der Waals surface area contributed by atoms with Gasteiger partial charge in [0.2, 0.25) is 11.8 Å². The lowest BCUT2D eigenvalue weighted by Crippen LogP contribution is -2.56. The minimum absolute atomic E-state index is 0.0152. The number of hydrogen-bond acceptors (Lipinski definition) is 3. The van der Waals surface area contributed by atoms with Crippen LogP contribution in [0.2, 0.25) is 0 Å². The van der Waals surface area contributed by atoms with Gasteiger partial charge in [0, 0.05) is 26.1 Å². The highest BCUT2D eigenvalue weighted by atomic mass is 16.2. The molecule has 1 aromatic rings. The van der Waals surface area contributed by atoms with Crippen LogP contribution in [-0.2, 0) is 20.8 Å². The summed E-state index contributed by atoms with van der Waals surface area (Å²) in [6.45, 7) is 4.52. The van der Waals surface area contributed by atoms with Crippen molar-refractivity contribution in [1.82, 2.24) is 9.80 Å². The van der Waals surface area contributed by atoms with Gasteiger partial charge in [-0.2, -0.15) is 0 Å². The van der Waals surface area contributed by atoms with Crippen LogP contribution >= 0.6 is 0 Å². The van der Waals surface area contributed by atoms with Crippen LogP contribution < -0.4 is 0 Å². The molecule has 0 spiro atoms. The third-order valence-electron chi connectivity index (χ3n) is 3.86. The van der Waals surface area contributed by atoms with Crippen molar-refractivity contribution in [2.75, 3.05) is 19.6 Å². The predicted molar refractivity (Wildman–Crippen MR) is 83.1 cm³/mol. The fourth-order valence-electron chi connectivity index (χ4n) is 2.60. The smallest absolute Gasteiger partial charge is 0.246 e. The largest absolute Gasteiger partial charge is 0.338 e. The van der Waals surface area contributed by atoms with Crippen LogP contribution in [0.15, 0.2) is 43.0 Å². The summed E-state index contributed by atoms with van der Waals surface area (Å²) in [5, 5.41) is 0. The molecule has 1 aromatic carbocycles. The average molecular weight is 300 g/mol. The summed E-state index contributed by atoms with van der Waals surface area (Å²) in [7, 11) is 0. The zero-order chi connectivity index (χ0) is 15.9. The van der Waals surface area contributed by atoms with Crippen molar-refractivity contribution in [3.05, 3.63) is 48.6 Å². The number of carbonyl (C=O) groups is 3. The van der Waals surface area contributed by atoms with Crippen molar-refractivity contribution in [3.8, 4) is 0 Å². The lowest BCUT2D eigenvalue weighted by Gasteiger charge is -2.38. The highest BCUT2D eigenvalue weighted by Crippen LogP contribution is 2.12. The maximum atomic E-state index is 12.3. The molecule has 1 atom stereocenters. The second-order valence-electron chi connectivity index (χ2n) is 5.26. The zero-order valence-electron chi connectivity index (χ0n) is 12.5. The summed E-state index contributed by atoms with van der Waals surface area (Å²) in [6.07, 6.45) is 3.00. The van der Waals surface area contributed by atoms with E-state index in [1.807, 2.05) is 30.3 Å². The molecule has 1 saturated heterocycles. The second kappa shape index (κ2) is 7.54. The zero-order valence-corrected chi connectivity index (χ0v) is 12.5. The van der Waals surface area contributed by atoms with Gasteiger partial charge in [0.15, 0.2) is 0 Å². The molecule has 1 fully saturated rings. The Labute approximate surface area is 130 Å². The van der Waals surface area contributed by atoms with Gasteiger partial charge in [0.05, 0.1) is 0 Å². The van der Waals surface area contributed by atoms with Crippen molar-refractivity contribution in [2.24, 2.45) is 0 Å². The van der Waals surface area contributed by atoms with E-state index in [2.05, 4.69) is 6.58 Å². The molecular weight excluding hydrogens is 280 g/mol. The number of nitrogens with zero attached hydrogens (tertiary/aromatic N) is 2. The molecular formula is C17H20N2O3. The standard InChI is InChI=1S/C17H20N2O3/c1-2-16(21)19-11-10-18(12-15(19)13-20)17(22)9-8-14-6-4-3-5-7-14/h2-7,13,15H,1,8-12H2. The summed E-state index contributed by atoms with van der Waals surface area (Å²) < 4.78 is 0. The number of carbonyl (C=O) groups excluding carboxylic acids is 3. The third kappa shape index (κ3) is 3.81. The van der Waals surface area contributed by atoms with Crippen LogP contribution in [0.25, 0.3) is 0 Å². The summed E-state index contributed by atoms with van der Waals surface area (Å²) in [5.74, 6) is -0.255. The highest BCUT2D eigenvalue weighted by Gasteiger charge is 2.30. The Morgan fingerprint density at radius 2 is 1.95 bits per heavy atom. The van der Waals surface area contributed by atoms with Gasteiger partial charge in [-0.3, -0.25) is 9.59 Å². The van der Waals surface area contributed by atoms with Gasteiger partial charge in [0.25, 0.3) is 0 Å². The van der Waals surface area contributed by atoms with Crippen molar-refractivity contribution in [2.45, 2.75) is 18.9 Å². The van der Waals surface area contributed by atoms with Crippen molar-refractivity contribution < 1.29 is 14.4 Å². The summed E-state index contributed by atoms with van der Waals surface area (Å²) >= 11 is 0. The maximum Gasteiger partial charge on any atom is 0.246 e. The predicted octanol–water partition coefficient (Wildman–Crippen LogP) is 1.04. The SMILES string of the molecule is C=CC(=O)N1CCN(C(=O)CCc2ccccc2)CC1C=O. The number of aryl methyl sites for hydroxylation is 1. The molecule has 0 saturated carbocycles. The fourth-order valence-corrected chi connectivity index (χ4v) is 2.60. The van der Waals surface area contributed by atoms with E-state index in [0.29, 0.717) is 25.9 Å². The molecule has 0 radical (unpaired) electrons. The van der Waals surface area contributed by atoms with Crippen LogP contribution in [0.5, 0.6) is 0 Å². The lowest BCUT2D eigenvalue weighted by atomic mass is 10.1. The van der Waals surface area contributed by atoms with Gasteiger partial charge in [-0.1, -0.05) is 36.9 Å². The quantitative estimate of drug-likeness (QED) is 0.603. The third-order valence-corrected chi connectivity index (χ3v) is 3.86. The molecule has 5 heteroatoms. The topological polar surface area (TPSA) is 57.7 Å². The van der Waals surface area contributed by atoms with E-state index in [9.17, 15) is 14.4 Å². The number of hydrogen-bond donors (Lipinski definition) is 0. The molecule has 2 amide bonds. The van der Waals surface area contributed by atoms with Crippen LogP contribution in [-0.4, -0.2) is 53.6 Å². The van der Waals surface area contributed by atoms with Gasteiger partial charge in [0.1, 0.15) is 12.3 Å². The normalized spacial score (nSPS) is 17.9. The molecule has 2 rings (SSSR count). The van der Waals surface area contributed by atoms with Crippen LogP contribution in [0.3, 0.4) is 0 Å². The van der Waals surface area contributed by atoms with E-state index in [1.165, 1.54) is 11.0 Å². The first-order valence-electron chi connectivity index (χ1n) is 7.35. The Bertz CT molecular complexity index is 556. The molecule has 5 nitrogen and oxygen atoms in total. The van der Waals surface area contributed by atoms with E-state index in [0.717, 1.165) is 11.8 Å². The highest BCUT2D eigenvalue weighted by molar-refractivity contribution is 5.89. The van der Waals surface area contributed by atoms with Crippen molar-refractivity contribution in [1.29, 1.82) is 0 Å². The number of piperazine rings is 1.